The lowest BCUT2D eigenvalue weighted by Crippen LogP contribution is -2.56. The van der Waals surface area contributed by atoms with E-state index in [2.05, 4.69) is 10.6 Å². The van der Waals surface area contributed by atoms with Gasteiger partial charge in [-0.15, -0.1) is 0 Å². The first-order chi connectivity index (χ1) is 18.0. The Hall–Kier alpha value is -3.68. The molecule has 0 saturated carbocycles. The molecule has 3 fully saturated rings. The highest BCUT2D eigenvalue weighted by atomic mass is 16.2. The van der Waals surface area contributed by atoms with Crippen LogP contribution >= 0.6 is 0 Å². The average molecular weight is 503 g/mol. The van der Waals surface area contributed by atoms with Crippen molar-refractivity contribution in [1.29, 1.82) is 0 Å². The van der Waals surface area contributed by atoms with Crippen molar-refractivity contribution in [3.05, 3.63) is 71.8 Å². The van der Waals surface area contributed by atoms with Gasteiger partial charge in [0, 0.05) is 32.0 Å². The van der Waals surface area contributed by atoms with Gasteiger partial charge >= 0.3 is 0 Å². The molecule has 0 aliphatic carbocycles. The Bertz CT molecular complexity index is 1140. The zero-order valence-electron chi connectivity index (χ0n) is 21.0. The molecule has 5 rings (SSSR count). The van der Waals surface area contributed by atoms with E-state index in [1.165, 1.54) is 0 Å². The molecule has 0 unspecified atom stereocenters. The molecule has 8 heteroatoms. The van der Waals surface area contributed by atoms with Gasteiger partial charge in [-0.1, -0.05) is 60.7 Å². The minimum atomic E-state index is -0.786. The van der Waals surface area contributed by atoms with E-state index in [0.29, 0.717) is 38.8 Å². The summed E-state index contributed by atoms with van der Waals surface area (Å²) in [5.41, 5.74) is 1.93. The maximum Gasteiger partial charge on any atom is 0.246 e. The van der Waals surface area contributed by atoms with Crippen molar-refractivity contribution in [1.82, 2.24) is 20.4 Å². The monoisotopic (exact) mass is 502 g/mol. The van der Waals surface area contributed by atoms with Crippen LogP contribution in [0.5, 0.6) is 0 Å². The second-order valence-corrected chi connectivity index (χ2v) is 10.3. The highest BCUT2D eigenvalue weighted by Crippen LogP contribution is 2.26. The number of hydrogen-bond acceptors (Lipinski definition) is 4. The van der Waals surface area contributed by atoms with E-state index in [9.17, 15) is 19.2 Å². The fourth-order valence-electron chi connectivity index (χ4n) is 5.88. The molecule has 8 nitrogen and oxygen atoms in total. The third-order valence-electron chi connectivity index (χ3n) is 7.68. The van der Waals surface area contributed by atoms with Gasteiger partial charge in [0.15, 0.2) is 0 Å². The minimum Gasteiger partial charge on any atom is -0.351 e. The topological polar surface area (TPSA) is 98.8 Å². The lowest BCUT2D eigenvalue weighted by molar-refractivity contribution is -0.147. The van der Waals surface area contributed by atoms with Crippen LogP contribution in [0.3, 0.4) is 0 Å². The molecule has 0 radical (unpaired) electrons. The van der Waals surface area contributed by atoms with Crippen LogP contribution in [0.2, 0.25) is 0 Å². The van der Waals surface area contributed by atoms with Crippen molar-refractivity contribution in [3.8, 4) is 0 Å². The Morgan fingerprint density at radius 3 is 1.89 bits per heavy atom. The van der Waals surface area contributed by atoms with Gasteiger partial charge in [-0.25, -0.2) is 0 Å². The molecule has 2 aromatic carbocycles. The van der Waals surface area contributed by atoms with Crippen molar-refractivity contribution in [2.75, 3.05) is 13.1 Å². The normalized spacial score (nSPS) is 26.9. The summed E-state index contributed by atoms with van der Waals surface area (Å²) in [4.78, 5) is 57.5. The minimum absolute atomic E-state index is 0.0449. The van der Waals surface area contributed by atoms with Gasteiger partial charge in [-0.3, -0.25) is 19.2 Å². The van der Waals surface area contributed by atoms with Crippen molar-refractivity contribution in [3.63, 3.8) is 0 Å². The molecule has 3 aliphatic rings. The van der Waals surface area contributed by atoms with Crippen LogP contribution in [0.15, 0.2) is 60.7 Å². The van der Waals surface area contributed by atoms with E-state index in [1.807, 2.05) is 60.7 Å². The van der Waals surface area contributed by atoms with Gasteiger partial charge in [0.05, 0.1) is 0 Å². The quantitative estimate of drug-likeness (QED) is 0.667. The molecule has 0 bridgehead atoms. The van der Waals surface area contributed by atoms with Crippen LogP contribution in [0.1, 0.15) is 43.2 Å². The highest BCUT2D eigenvalue weighted by Gasteiger charge is 2.44. The van der Waals surface area contributed by atoms with E-state index in [-0.39, 0.29) is 30.0 Å². The summed E-state index contributed by atoms with van der Waals surface area (Å²) < 4.78 is 0. The zero-order valence-corrected chi connectivity index (χ0v) is 21.0. The first-order valence-electron chi connectivity index (χ1n) is 13.3. The third kappa shape index (κ3) is 5.68. The standard InChI is InChI=1S/C29H34N4O4/c34-26-19-22(17-20-9-3-1-4-10-20)30-27(35)24-13-7-15-32(24)29(37)25-14-8-16-33(25)28(36)23(31-26)18-21-11-5-2-6-12-21/h1-6,9-12,22-25H,7-8,13-19H2,(H,30,35)(H,31,34)/t22-,23+,24+,25+/m0/s1. The van der Waals surface area contributed by atoms with Crippen LogP contribution in [0.25, 0.3) is 0 Å². The van der Waals surface area contributed by atoms with Gasteiger partial charge in [-0.2, -0.15) is 0 Å². The van der Waals surface area contributed by atoms with Crippen LogP contribution < -0.4 is 10.6 Å². The van der Waals surface area contributed by atoms with Crippen molar-refractivity contribution in [2.24, 2.45) is 0 Å². The summed E-state index contributed by atoms with van der Waals surface area (Å²) in [6, 6.07) is 16.9. The third-order valence-corrected chi connectivity index (χ3v) is 7.68. The van der Waals surface area contributed by atoms with Crippen molar-refractivity contribution in [2.45, 2.75) is 69.1 Å². The predicted molar refractivity (Wildman–Crippen MR) is 138 cm³/mol. The molecule has 3 saturated heterocycles. The number of nitrogens with one attached hydrogen (secondary N) is 2. The molecule has 194 valence electrons. The number of carbonyl (C=O) groups excluding carboxylic acids is 4. The molecule has 4 atom stereocenters. The SMILES string of the molecule is O=C1C[C@H](Cc2ccccc2)NC(=O)[C@H]2CCCN2C(=O)[C@H]2CCCN2C(=O)[C@@H](Cc2ccccc2)N1. The van der Waals surface area contributed by atoms with E-state index in [1.54, 1.807) is 9.80 Å². The van der Waals surface area contributed by atoms with Gasteiger partial charge in [0.1, 0.15) is 18.1 Å². The molecular formula is C29H34N4O4. The average Bonchev–Trinajstić information content (AvgIpc) is 3.59. The Labute approximate surface area is 217 Å². The van der Waals surface area contributed by atoms with Crippen molar-refractivity contribution < 1.29 is 19.2 Å². The molecule has 0 spiro atoms. The summed E-state index contributed by atoms with van der Waals surface area (Å²) >= 11 is 0. The Balaban J connectivity index is 1.46. The van der Waals surface area contributed by atoms with E-state index in [4.69, 9.17) is 0 Å². The Morgan fingerprint density at radius 1 is 0.676 bits per heavy atom. The zero-order chi connectivity index (χ0) is 25.8. The second-order valence-electron chi connectivity index (χ2n) is 10.3. The van der Waals surface area contributed by atoms with Crippen LogP contribution in [0, 0.1) is 0 Å². The number of carbonyl (C=O) groups is 4. The fraction of sp³-hybridized carbons (Fsp3) is 0.448. The van der Waals surface area contributed by atoms with Gasteiger partial charge in [0.25, 0.3) is 0 Å². The van der Waals surface area contributed by atoms with Gasteiger partial charge in [-0.05, 0) is 43.2 Å². The van der Waals surface area contributed by atoms with Gasteiger partial charge in [0.2, 0.25) is 23.6 Å². The molecule has 2 N–H and O–H groups in total. The fourth-order valence-corrected chi connectivity index (χ4v) is 5.88. The Morgan fingerprint density at radius 2 is 1.24 bits per heavy atom. The summed E-state index contributed by atoms with van der Waals surface area (Å²) in [5, 5.41) is 6.02. The summed E-state index contributed by atoms with van der Waals surface area (Å²) in [6.07, 6.45) is 3.47. The summed E-state index contributed by atoms with van der Waals surface area (Å²) in [6.45, 7) is 0.973. The van der Waals surface area contributed by atoms with Crippen molar-refractivity contribution >= 4 is 23.6 Å². The smallest absolute Gasteiger partial charge is 0.246 e. The number of nitrogens with zero attached hydrogens (tertiary/aromatic N) is 2. The molecule has 4 amide bonds. The van der Waals surface area contributed by atoms with Crippen LogP contribution in [0.4, 0.5) is 0 Å². The first-order valence-corrected chi connectivity index (χ1v) is 13.3. The molecule has 3 heterocycles. The maximum atomic E-state index is 13.8. The van der Waals surface area contributed by atoms with Crippen LogP contribution in [-0.2, 0) is 32.0 Å². The Kier molecular flexibility index (Phi) is 7.53. The number of amides is 4. The lowest BCUT2D eigenvalue weighted by atomic mass is 10.0. The van der Waals surface area contributed by atoms with E-state index < -0.39 is 24.2 Å². The predicted octanol–water partition coefficient (Wildman–Crippen LogP) is 1.83. The molecule has 2 aromatic rings. The maximum absolute atomic E-state index is 13.8. The largest absolute Gasteiger partial charge is 0.351 e. The van der Waals surface area contributed by atoms with E-state index >= 15 is 0 Å². The number of benzene rings is 2. The second kappa shape index (κ2) is 11.2. The molecule has 0 aromatic heterocycles. The van der Waals surface area contributed by atoms with Gasteiger partial charge < -0.3 is 20.4 Å². The molecule has 37 heavy (non-hydrogen) atoms. The summed E-state index contributed by atoms with van der Waals surface area (Å²) in [5.74, 6) is -0.912. The molecular weight excluding hydrogens is 468 g/mol. The summed E-state index contributed by atoms with van der Waals surface area (Å²) in [7, 11) is 0. The van der Waals surface area contributed by atoms with Crippen LogP contribution in [-0.4, -0.2) is 70.7 Å². The molecule has 3 aliphatic heterocycles. The van der Waals surface area contributed by atoms with E-state index in [0.717, 1.165) is 24.0 Å². The first kappa shape index (κ1) is 25.0. The number of rotatable bonds is 4. The highest BCUT2D eigenvalue weighted by molar-refractivity contribution is 5.95. The number of hydrogen-bond donors (Lipinski definition) is 2. The number of fused-ring (bicyclic) bond motifs is 2. The lowest BCUT2D eigenvalue weighted by Gasteiger charge is -2.32.